The molecule has 0 amide bonds. The van der Waals surface area contributed by atoms with Gasteiger partial charge >= 0.3 is 0 Å². The van der Waals surface area contributed by atoms with E-state index in [-0.39, 0.29) is 5.92 Å². The molecule has 39 heavy (non-hydrogen) atoms. The molecule has 190 valence electrons. The van der Waals surface area contributed by atoms with Gasteiger partial charge in [0.05, 0.1) is 43.0 Å². The number of allylic oxidation sites excluding steroid dienone is 1. The van der Waals surface area contributed by atoms with Gasteiger partial charge in [-0.1, -0.05) is 60.7 Å². The maximum atomic E-state index is 10.7. The number of methoxy groups -OCH3 is 2. The normalized spacial score (nSPS) is 15.8. The van der Waals surface area contributed by atoms with Gasteiger partial charge in [-0.3, -0.25) is 0 Å². The molecule has 0 bridgehead atoms. The molecule has 3 aromatic carbocycles. The Labute approximate surface area is 225 Å². The van der Waals surface area contributed by atoms with E-state index in [1.54, 1.807) is 25.1 Å². The van der Waals surface area contributed by atoms with Gasteiger partial charge in [-0.2, -0.15) is 5.26 Å². The quantitative estimate of drug-likeness (QED) is 0.325. The van der Waals surface area contributed by atoms with Gasteiger partial charge in [-0.05, 0) is 29.7 Å². The average molecular weight is 513 g/mol. The summed E-state index contributed by atoms with van der Waals surface area (Å²) in [5.74, 6) is 2.33. The molecule has 2 aliphatic heterocycles. The average Bonchev–Trinajstić information content (AvgIpc) is 3.45. The fourth-order valence-electron chi connectivity index (χ4n) is 5.77. The first-order valence-corrected chi connectivity index (χ1v) is 12.7. The van der Waals surface area contributed by atoms with Crippen LogP contribution in [-0.2, 0) is 6.42 Å². The Morgan fingerprint density at radius 3 is 2.38 bits per heavy atom. The predicted octanol–water partition coefficient (Wildman–Crippen LogP) is 5.25. The Bertz CT molecular complexity index is 1800. The van der Waals surface area contributed by atoms with Crippen LogP contribution in [0.15, 0.2) is 84.7 Å². The summed E-state index contributed by atoms with van der Waals surface area (Å²) < 4.78 is 12.9. The minimum absolute atomic E-state index is 0.375. The van der Waals surface area contributed by atoms with Gasteiger partial charge in [0, 0.05) is 17.7 Å². The van der Waals surface area contributed by atoms with Crippen LogP contribution in [0.3, 0.4) is 0 Å². The molecule has 0 saturated heterocycles. The Kier molecular flexibility index (Phi) is 5.30. The van der Waals surface area contributed by atoms with E-state index in [2.05, 4.69) is 23.1 Å². The number of aromatic nitrogens is 4. The Morgan fingerprint density at radius 2 is 1.67 bits per heavy atom. The third kappa shape index (κ3) is 3.47. The van der Waals surface area contributed by atoms with Gasteiger partial charge in [0.15, 0.2) is 23.0 Å². The monoisotopic (exact) mass is 512 g/mol. The zero-order valence-electron chi connectivity index (χ0n) is 21.5. The van der Waals surface area contributed by atoms with E-state index in [0.717, 1.165) is 45.8 Å². The topological polar surface area (TPSA) is 88.6 Å². The lowest BCUT2D eigenvalue weighted by Gasteiger charge is -2.40. The van der Waals surface area contributed by atoms with Crippen LogP contribution in [0, 0.1) is 11.3 Å². The minimum atomic E-state index is -0.375. The van der Waals surface area contributed by atoms with E-state index in [9.17, 15) is 5.26 Å². The number of benzene rings is 3. The minimum Gasteiger partial charge on any atom is -0.493 e. The van der Waals surface area contributed by atoms with E-state index in [0.29, 0.717) is 35.1 Å². The van der Waals surface area contributed by atoms with Crippen LogP contribution in [0.2, 0.25) is 0 Å². The number of nitrogens with zero attached hydrogens (tertiary/aromatic N) is 6. The largest absolute Gasteiger partial charge is 0.493 e. The molecule has 2 aliphatic rings. The molecule has 0 fully saturated rings. The second kappa shape index (κ2) is 8.99. The molecule has 5 aromatic rings. The van der Waals surface area contributed by atoms with Crippen molar-refractivity contribution < 1.29 is 9.47 Å². The van der Waals surface area contributed by atoms with Gasteiger partial charge in [0.2, 0.25) is 0 Å². The van der Waals surface area contributed by atoms with Crippen molar-refractivity contribution >= 4 is 17.2 Å². The van der Waals surface area contributed by atoms with Gasteiger partial charge in [-0.15, -0.1) is 5.10 Å². The highest BCUT2D eigenvalue weighted by Gasteiger charge is 2.40. The summed E-state index contributed by atoms with van der Waals surface area (Å²) in [6, 6.07) is 26.6. The maximum absolute atomic E-state index is 10.7. The first-order valence-electron chi connectivity index (χ1n) is 12.7. The van der Waals surface area contributed by atoms with Gasteiger partial charge < -0.3 is 14.4 Å². The molecule has 0 saturated carbocycles. The van der Waals surface area contributed by atoms with Crippen LogP contribution in [0.4, 0.5) is 5.82 Å². The molecule has 0 aliphatic carbocycles. The number of hydrogen-bond donors (Lipinski definition) is 0. The lowest BCUT2D eigenvalue weighted by Crippen LogP contribution is -2.36. The third-order valence-electron chi connectivity index (χ3n) is 7.52. The molecule has 1 atom stereocenters. The van der Waals surface area contributed by atoms with Gasteiger partial charge in [0.1, 0.15) is 12.1 Å². The standard InChI is InChI=1S/C31H24N6O2/c1-38-24-15-21-13-14-36-28(22(21)16-25(24)39-2)23(17-32)26(19-9-5-3-6-10-19)27-30(36)33-18-37-31(27)34-29(35-37)20-11-7-4-8-12-20/h3-12,15-16,18,26H,13-14H2,1-2H3. The highest BCUT2D eigenvalue weighted by molar-refractivity contribution is 5.93. The summed E-state index contributed by atoms with van der Waals surface area (Å²) in [5, 5.41) is 15.5. The lowest BCUT2D eigenvalue weighted by molar-refractivity contribution is 0.354. The van der Waals surface area contributed by atoms with Crippen molar-refractivity contribution in [2.45, 2.75) is 12.3 Å². The van der Waals surface area contributed by atoms with Crippen molar-refractivity contribution in [3.63, 3.8) is 0 Å². The van der Waals surface area contributed by atoms with Gasteiger partial charge in [0.25, 0.3) is 0 Å². The molecule has 4 heterocycles. The molecule has 2 aromatic heterocycles. The SMILES string of the molecule is COc1cc2c(cc1OC)C1=C(C#N)C(c3ccccc3)c3c(ncn4nc(-c5ccccc5)nc34)N1CC2. The molecular weight excluding hydrogens is 488 g/mol. The van der Waals surface area contributed by atoms with E-state index >= 15 is 0 Å². The number of rotatable bonds is 4. The Hall–Kier alpha value is -5.16. The van der Waals surface area contributed by atoms with Crippen LogP contribution in [0.25, 0.3) is 22.7 Å². The van der Waals surface area contributed by atoms with Crippen molar-refractivity contribution in [2.24, 2.45) is 0 Å². The lowest BCUT2D eigenvalue weighted by atomic mass is 9.78. The third-order valence-corrected chi connectivity index (χ3v) is 7.52. The zero-order chi connectivity index (χ0) is 26.5. The van der Waals surface area contributed by atoms with Crippen LogP contribution in [0.1, 0.15) is 28.2 Å². The predicted molar refractivity (Wildman–Crippen MR) is 148 cm³/mol. The second-order valence-corrected chi connectivity index (χ2v) is 9.54. The first-order chi connectivity index (χ1) is 19.2. The first kappa shape index (κ1) is 23.0. The molecular formula is C31H24N6O2. The van der Waals surface area contributed by atoms with E-state index in [1.165, 1.54) is 0 Å². The van der Waals surface area contributed by atoms with Crippen molar-refractivity contribution in [3.05, 3.63) is 107 Å². The van der Waals surface area contributed by atoms with Crippen molar-refractivity contribution in [3.8, 4) is 29.0 Å². The molecule has 8 nitrogen and oxygen atoms in total. The smallest absolute Gasteiger partial charge is 0.182 e. The number of fused-ring (bicyclic) bond motifs is 7. The van der Waals surface area contributed by atoms with Crippen LogP contribution < -0.4 is 14.4 Å². The Balaban J connectivity index is 1.53. The van der Waals surface area contributed by atoms with E-state index in [4.69, 9.17) is 24.5 Å². The number of ether oxygens (including phenoxy) is 2. The fraction of sp³-hybridized carbons (Fsp3) is 0.161. The number of anilines is 1. The second-order valence-electron chi connectivity index (χ2n) is 9.54. The maximum Gasteiger partial charge on any atom is 0.182 e. The fourth-order valence-corrected chi connectivity index (χ4v) is 5.77. The van der Waals surface area contributed by atoms with Crippen LogP contribution >= 0.6 is 0 Å². The summed E-state index contributed by atoms with van der Waals surface area (Å²) in [6.45, 7) is 0.667. The van der Waals surface area contributed by atoms with Crippen LogP contribution in [0.5, 0.6) is 11.5 Å². The molecule has 8 heteroatoms. The molecule has 0 spiro atoms. The summed E-state index contributed by atoms with van der Waals surface area (Å²) in [4.78, 5) is 12.1. The van der Waals surface area contributed by atoms with Gasteiger partial charge in [-0.25, -0.2) is 14.5 Å². The summed E-state index contributed by atoms with van der Waals surface area (Å²) >= 11 is 0. The summed E-state index contributed by atoms with van der Waals surface area (Å²) in [6.07, 6.45) is 2.48. The molecule has 7 rings (SSSR count). The molecule has 0 N–H and O–H groups in total. The molecule has 0 radical (unpaired) electrons. The van der Waals surface area contributed by atoms with E-state index in [1.807, 2.05) is 60.7 Å². The summed E-state index contributed by atoms with van der Waals surface area (Å²) in [5.41, 5.74) is 7.04. The van der Waals surface area contributed by atoms with Crippen molar-refractivity contribution in [2.75, 3.05) is 25.7 Å². The van der Waals surface area contributed by atoms with E-state index < -0.39 is 0 Å². The van der Waals surface area contributed by atoms with Crippen molar-refractivity contribution in [1.82, 2.24) is 19.6 Å². The Morgan fingerprint density at radius 1 is 0.949 bits per heavy atom. The van der Waals surface area contributed by atoms with Crippen LogP contribution in [-0.4, -0.2) is 40.3 Å². The highest BCUT2D eigenvalue weighted by Crippen LogP contribution is 2.51. The zero-order valence-corrected chi connectivity index (χ0v) is 21.5. The van der Waals surface area contributed by atoms with Crippen molar-refractivity contribution in [1.29, 1.82) is 5.26 Å². The molecule has 1 unspecified atom stereocenters. The number of nitriles is 1. The highest BCUT2D eigenvalue weighted by atomic mass is 16.5. The number of hydrogen-bond acceptors (Lipinski definition) is 7. The summed E-state index contributed by atoms with van der Waals surface area (Å²) in [7, 11) is 3.26.